The van der Waals surface area contributed by atoms with Crippen LogP contribution in [0.5, 0.6) is 0 Å². The predicted octanol–water partition coefficient (Wildman–Crippen LogP) is 1.62. The van der Waals surface area contributed by atoms with E-state index in [9.17, 15) is 9.59 Å². The summed E-state index contributed by atoms with van der Waals surface area (Å²) < 4.78 is 0. The molecule has 0 spiro atoms. The molecule has 1 saturated carbocycles. The van der Waals surface area contributed by atoms with Crippen molar-refractivity contribution in [2.75, 3.05) is 5.32 Å². The quantitative estimate of drug-likeness (QED) is 0.726. The minimum atomic E-state index is -1.03. The number of anilines is 1. The van der Waals surface area contributed by atoms with E-state index in [4.69, 9.17) is 5.11 Å². The second-order valence-corrected chi connectivity index (χ2v) is 4.32. The molecule has 1 aliphatic carbocycles. The minimum absolute atomic E-state index is 0.0388. The van der Waals surface area contributed by atoms with E-state index in [-0.39, 0.29) is 17.4 Å². The topological polar surface area (TPSA) is 82.2 Å². The van der Waals surface area contributed by atoms with Gasteiger partial charge < -0.3 is 15.4 Å². The van der Waals surface area contributed by atoms with Gasteiger partial charge in [-0.05, 0) is 19.3 Å². The van der Waals surface area contributed by atoms with Crippen LogP contribution in [-0.4, -0.2) is 22.0 Å². The summed E-state index contributed by atoms with van der Waals surface area (Å²) >= 11 is 0. The van der Waals surface area contributed by atoms with Gasteiger partial charge in [0, 0.05) is 17.8 Å². The molecule has 2 rings (SSSR count). The lowest BCUT2D eigenvalue weighted by molar-refractivity contribution is -0.117. The SMILES string of the molecule is Cc1[nH]cc(NC(=O)C2CC2C)c1C(=O)O. The maximum Gasteiger partial charge on any atom is 0.339 e. The molecule has 16 heavy (non-hydrogen) atoms. The van der Waals surface area contributed by atoms with Gasteiger partial charge in [-0.25, -0.2) is 4.79 Å². The van der Waals surface area contributed by atoms with E-state index >= 15 is 0 Å². The highest BCUT2D eigenvalue weighted by atomic mass is 16.4. The normalized spacial score (nSPS) is 22.9. The van der Waals surface area contributed by atoms with Gasteiger partial charge in [0.2, 0.25) is 5.91 Å². The highest BCUT2D eigenvalue weighted by Gasteiger charge is 2.39. The van der Waals surface area contributed by atoms with Crippen molar-refractivity contribution in [2.45, 2.75) is 20.3 Å². The standard InChI is InChI=1S/C11H14N2O3/c1-5-3-7(5)10(14)13-8-4-12-6(2)9(8)11(15)16/h4-5,7,12H,3H2,1-2H3,(H,13,14)(H,15,16). The third-order valence-electron chi connectivity index (χ3n) is 3.00. The van der Waals surface area contributed by atoms with Crippen molar-refractivity contribution in [2.24, 2.45) is 11.8 Å². The molecular weight excluding hydrogens is 208 g/mol. The molecular formula is C11H14N2O3. The van der Waals surface area contributed by atoms with Crippen LogP contribution < -0.4 is 5.32 Å². The molecule has 3 N–H and O–H groups in total. The smallest absolute Gasteiger partial charge is 0.339 e. The van der Waals surface area contributed by atoms with E-state index in [0.29, 0.717) is 17.3 Å². The van der Waals surface area contributed by atoms with Gasteiger partial charge in [-0.3, -0.25) is 4.79 Å². The third kappa shape index (κ3) is 1.80. The van der Waals surface area contributed by atoms with Crippen molar-refractivity contribution in [1.29, 1.82) is 0 Å². The number of H-pyrrole nitrogens is 1. The fraction of sp³-hybridized carbons (Fsp3) is 0.455. The number of carboxylic acids is 1. The lowest BCUT2D eigenvalue weighted by Gasteiger charge is -2.03. The summed E-state index contributed by atoms with van der Waals surface area (Å²) in [7, 11) is 0. The Kier molecular flexibility index (Phi) is 2.46. The van der Waals surface area contributed by atoms with Crippen LogP contribution >= 0.6 is 0 Å². The van der Waals surface area contributed by atoms with Crippen LogP contribution in [0.1, 0.15) is 29.4 Å². The number of aryl methyl sites for hydroxylation is 1. The van der Waals surface area contributed by atoms with Gasteiger partial charge in [-0.2, -0.15) is 0 Å². The molecule has 1 heterocycles. The zero-order chi connectivity index (χ0) is 11.9. The molecule has 1 fully saturated rings. The Balaban J connectivity index is 2.15. The number of carbonyl (C=O) groups is 2. The highest BCUT2D eigenvalue weighted by Crippen LogP contribution is 2.38. The summed E-state index contributed by atoms with van der Waals surface area (Å²) in [6, 6.07) is 0. The Labute approximate surface area is 92.9 Å². The van der Waals surface area contributed by atoms with E-state index in [0.717, 1.165) is 6.42 Å². The van der Waals surface area contributed by atoms with Crippen molar-refractivity contribution in [3.05, 3.63) is 17.5 Å². The predicted molar refractivity (Wildman–Crippen MR) is 58.4 cm³/mol. The summed E-state index contributed by atoms with van der Waals surface area (Å²) in [5, 5.41) is 11.6. The molecule has 1 aromatic rings. The second-order valence-electron chi connectivity index (χ2n) is 4.32. The first-order valence-electron chi connectivity index (χ1n) is 5.23. The molecule has 86 valence electrons. The number of aromatic carboxylic acids is 1. The van der Waals surface area contributed by atoms with Crippen molar-refractivity contribution < 1.29 is 14.7 Å². The number of carbonyl (C=O) groups excluding carboxylic acids is 1. The van der Waals surface area contributed by atoms with E-state index in [1.165, 1.54) is 6.20 Å². The Morgan fingerprint density at radius 2 is 2.19 bits per heavy atom. The largest absolute Gasteiger partial charge is 0.478 e. The van der Waals surface area contributed by atoms with Crippen molar-refractivity contribution in [3.8, 4) is 0 Å². The molecule has 0 radical (unpaired) electrons. The second kappa shape index (κ2) is 3.66. The summed E-state index contributed by atoms with van der Waals surface area (Å²) in [5.41, 5.74) is 1.04. The van der Waals surface area contributed by atoms with Gasteiger partial charge in [0.1, 0.15) is 5.56 Å². The number of aromatic amines is 1. The first kappa shape index (κ1) is 10.7. The van der Waals surface area contributed by atoms with E-state index in [2.05, 4.69) is 10.3 Å². The van der Waals surface area contributed by atoms with Crippen molar-refractivity contribution >= 4 is 17.6 Å². The minimum Gasteiger partial charge on any atom is -0.478 e. The van der Waals surface area contributed by atoms with Gasteiger partial charge in [-0.1, -0.05) is 6.92 Å². The number of carboxylic acid groups (broad SMARTS) is 1. The van der Waals surface area contributed by atoms with Crippen LogP contribution in [0, 0.1) is 18.8 Å². The first-order chi connectivity index (χ1) is 7.50. The van der Waals surface area contributed by atoms with Gasteiger partial charge >= 0.3 is 5.97 Å². The highest BCUT2D eigenvalue weighted by molar-refractivity contribution is 6.02. The monoisotopic (exact) mass is 222 g/mol. The number of aromatic nitrogens is 1. The number of hydrogen-bond acceptors (Lipinski definition) is 2. The molecule has 5 nitrogen and oxygen atoms in total. The fourth-order valence-electron chi connectivity index (χ4n) is 1.81. The molecule has 5 heteroatoms. The zero-order valence-corrected chi connectivity index (χ0v) is 9.20. The molecule has 1 aromatic heterocycles. The maximum atomic E-state index is 11.7. The summed E-state index contributed by atoms with van der Waals surface area (Å²) in [5.74, 6) is -0.669. The van der Waals surface area contributed by atoms with Gasteiger partial charge in [-0.15, -0.1) is 0 Å². The van der Waals surface area contributed by atoms with Gasteiger partial charge in [0.25, 0.3) is 0 Å². The molecule has 1 aliphatic rings. The number of amides is 1. The summed E-state index contributed by atoms with van der Waals surface area (Å²) in [4.78, 5) is 25.4. The molecule has 2 atom stereocenters. The van der Waals surface area contributed by atoms with Crippen LogP contribution in [0.3, 0.4) is 0 Å². The van der Waals surface area contributed by atoms with Crippen LogP contribution in [0.4, 0.5) is 5.69 Å². The van der Waals surface area contributed by atoms with Gasteiger partial charge in [0.05, 0.1) is 5.69 Å². The lowest BCUT2D eigenvalue weighted by Crippen LogP contribution is -2.16. The molecule has 0 aromatic carbocycles. The summed E-state index contributed by atoms with van der Waals surface area (Å²) in [6.45, 7) is 3.67. The average Bonchev–Trinajstić information content (AvgIpc) is 2.80. The molecule has 0 aliphatic heterocycles. The molecule has 2 unspecified atom stereocenters. The van der Waals surface area contributed by atoms with Gasteiger partial charge in [0.15, 0.2) is 0 Å². The molecule has 0 bridgehead atoms. The molecule has 0 saturated heterocycles. The van der Waals surface area contributed by atoms with Crippen molar-refractivity contribution in [3.63, 3.8) is 0 Å². The zero-order valence-electron chi connectivity index (χ0n) is 9.20. The first-order valence-corrected chi connectivity index (χ1v) is 5.23. The Morgan fingerprint density at radius 3 is 2.69 bits per heavy atom. The Hall–Kier alpha value is -1.78. The van der Waals surface area contributed by atoms with Crippen LogP contribution in [0.2, 0.25) is 0 Å². The van der Waals surface area contributed by atoms with E-state index in [1.54, 1.807) is 6.92 Å². The fourth-order valence-corrected chi connectivity index (χ4v) is 1.81. The lowest BCUT2D eigenvalue weighted by atomic mass is 10.2. The third-order valence-corrected chi connectivity index (χ3v) is 3.00. The van der Waals surface area contributed by atoms with Crippen LogP contribution in [0.15, 0.2) is 6.20 Å². The average molecular weight is 222 g/mol. The van der Waals surface area contributed by atoms with Crippen LogP contribution in [-0.2, 0) is 4.79 Å². The maximum absolute atomic E-state index is 11.7. The van der Waals surface area contributed by atoms with Crippen LogP contribution in [0.25, 0.3) is 0 Å². The van der Waals surface area contributed by atoms with E-state index < -0.39 is 5.97 Å². The van der Waals surface area contributed by atoms with Crippen molar-refractivity contribution in [1.82, 2.24) is 4.98 Å². The summed E-state index contributed by atoms with van der Waals surface area (Å²) in [6.07, 6.45) is 2.40. The number of hydrogen-bond donors (Lipinski definition) is 3. The number of rotatable bonds is 3. The molecule has 1 amide bonds. The number of nitrogens with one attached hydrogen (secondary N) is 2. The van der Waals surface area contributed by atoms with E-state index in [1.807, 2.05) is 6.92 Å². The Morgan fingerprint density at radius 1 is 1.56 bits per heavy atom. The Bertz CT molecular complexity index is 450.